The number of hydrogen-bond donors (Lipinski definition) is 3. The van der Waals surface area contributed by atoms with Gasteiger partial charge in [0.25, 0.3) is 0 Å². The van der Waals surface area contributed by atoms with E-state index in [1.807, 2.05) is 19.1 Å². The second-order valence-corrected chi connectivity index (χ2v) is 3.96. The van der Waals surface area contributed by atoms with E-state index in [-0.39, 0.29) is 0 Å². The molecule has 0 atom stereocenters. The third-order valence-corrected chi connectivity index (χ3v) is 2.46. The molecule has 4 nitrogen and oxygen atoms in total. The summed E-state index contributed by atoms with van der Waals surface area (Å²) in [6.07, 6.45) is 7.77. The lowest BCUT2D eigenvalue weighted by Gasteiger charge is -2.00. The quantitative estimate of drug-likeness (QED) is 0.474. The first kappa shape index (κ1) is 13.7. The van der Waals surface area contributed by atoms with Crippen molar-refractivity contribution >= 4 is 6.08 Å². The van der Waals surface area contributed by atoms with Crippen molar-refractivity contribution in [3.05, 3.63) is 35.9 Å². The first-order chi connectivity index (χ1) is 8.27. The minimum absolute atomic E-state index is 0.762. The highest BCUT2D eigenvalue weighted by Crippen LogP contribution is 2.06. The van der Waals surface area contributed by atoms with Crippen molar-refractivity contribution in [3.63, 3.8) is 0 Å². The Hall–Kier alpha value is -1.39. The van der Waals surface area contributed by atoms with Gasteiger partial charge in [0, 0.05) is 5.69 Å². The van der Waals surface area contributed by atoms with Crippen LogP contribution < -0.4 is 11.1 Å². The molecule has 0 fully saturated rings. The number of H-pyrrole nitrogens is 1. The van der Waals surface area contributed by atoms with E-state index >= 15 is 0 Å². The lowest BCUT2D eigenvalue weighted by Crippen LogP contribution is -2.16. The second kappa shape index (κ2) is 7.81. The number of hydrogen-bond acceptors (Lipinski definition) is 3. The maximum Gasteiger partial charge on any atom is 0.120 e. The van der Waals surface area contributed by atoms with E-state index in [0.717, 1.165) is 49.7 Å². The fourth-order valence-corrected chi connectivity index (χ4v) is 1.54. The summed E-state index contributed by atoms with van der Waals surface area (Å²) in [5.74, 6) is 0.971. The van der Waals surface area contributed by atoms with Crippen molar-refractivity contribution in [3.8, 4) is 0 Å². The molecule has 4 N–H and O–H groups in total. The molecule has 0 unspecified atom stereocenters. The molecule has 17 heavy (non-hydrogen) atoms. The maximum atomic E-state index is 5.43. The molecule has 0 bridgehead atoms. The van der Waals surface area contributed by atoms with Gasteiger partial charge >= 0.3 is 0 Å². The largest absolute Gasteiger partial charge is 0.345 e. The third kappa shape index (κ3) is 4.97. The maximum absolute atomic E-state index is 5.43. The summed E-state index contributed by atoms with van der Waals surface area (Å²) >= 11 is 0. The normalized spacial score (nSPS) is 11.2. The van der Waals surface area contributed by atoms with Crippen molar-refractivity contribution in [1.82, 2.24) is 15.3 Å². The van der Waals surface area contributed by atoms with Crippen LogP contribution in [0.1, 0.15) is 30.1 Å². The highest BCUT2D eigenvalue weighted by atomic mass is 15.0. The molecule has 4 heteroatoms. The molecule has 0 saturated heterocycles. The number of aromatic amines is 1. The van der Waals surface area contributed by atoms with Crippen LogP contribution in [0.5, 0.6) is 0 Å². The van der Waals surface area contributed by atoms with E-state index < -0.39 is 0 Å². The predicted molar refractivity (Wildman–Crippen MR) is 72.6 cm³/mol. The van der Waals surface area contributed by atoms with E-state index in [0.29, 0.717) is 0 Å². The van der Waals surface area contributed by atoms with Gasteiger partial charge in [0.05, 0.1) is 12.2 Å². The van der Waals surface area contributed by atoms with Gasteiger partial charge in [-0.25, -0.2) is 4.98 Å². The van der Waals surface area contributed by atoms with Crippen LogP contribution in [0, 0.1) is 6.92 Å². The third-order valence-electron chi connectivity index (χ3n) is 2.46. The van der Waals surface area contributed by atoms with Gasteiger partial charge in [0.2, 0.25) is 0 Å². The molecule has 0 aliphatic heterocycles. The lowest BCUT2D eigenvalue weighted by molar-refractivity contribution is 0.614. The number of nitrogens with zero attached hydrogens (tertiary/aromatic N) is 1. The molecule has 1 aromatic rings. The van der Waals surface area contributed by atoms with E-state index in [1.54, 1.807) is 6.08 Å². The number of aromatic nitrogens is 2. The molecule has 0 amide bonds. The number of unbranched alkanes of at least 4 members (excludes halogenated alkanes) is 1. The minimum Gasteiger partial charge on any atom is -0.345 e. The summed E-state index contributed by atoms with van der Waals surface area (Å²) in [5.41, 5.74) is 7.49. The Balaban J connectivity index is 2.39. The van der Waals surface area contributed by atoms with E-state index in [9.17, 15) is 0 Å². The molecule has 0 radical (unpaired) electrons. The Morgan fingerprint density at radius 2 is 2.29 bits per heavy atom. The molecule has 0 spiro atoms. The van der Waals surface area contributed by atoms with E-state index in [2.05, 4.69) is 21.9 Å². The molecule has 0 saturated carbocycles. The van der Waals surface area contributed by atoms with Crippen molar-refractivity contribution in [2.45, 2.75) is 26.3 Å². The summed E-state index contributed by atoms with van der Waals surface area (Å²) in [6.45, 7) is 8.18. The van der Waals surface area contributed by atoms with Crippen LogP contribution in [-0.2, 0) is 6.54 Å². The Bertz CT molecular complexity index is 365. The van der Waals surface area contributed by atoms with Crippen LogP contribution in [0.25, 0.3) is 6.08 Å². The Kier molecular flexibility index (Phi) is 6.29. The summed E-state index contributed by atoms with van der Waals surface area (Å²) in [7, 11) is 0. The average Bonchev–Trinajstić information content (AvgIpc) is 2.67. The van der Waals surface area contributed by atoms with Crippen molar-refractivity contribution < 1.29 is 0 Å². The van der Waals surface area contributed by atoms with E-state index in [1.165, 1.54) is 0 Å². The summed E-state index contributed by atoms with van der Waals surface area (Å²) < 4.78 is 0. The molecule has 0 aromatic carbocycles. The summed E-state index contributed by atoms with van der Waals surface area (Å²) in [5, 5.41) is 3.34. The number of nitrogens with two attached hydrogens (primary N) is 1. The molecule has 94 valence electrons. The van der Waals surface area contributed by atoms with Crippen LogP contribution in [0.3, 0.4) is 0 Å². The first-order valence-electron chi connectivity index (χ1n) is 6.03. The average molecular weight is 234 g/mol. The van der Waals surface area contributed by atoms with Crippen molar-refractivity contribution in [2.75, 3.05) is 13.1 Å². The molecule has 0 aliphatic rings. The monoisotopic (exact) mass is 234 g/mol. The molecular formula is C13H22N4. The topological polar surface area (TPSA) is 66.7 Å². The van der Waals surface area contributed by atoms with Gasteiger partial charge in [-0.15, -0.1) is 0 Å². The SMILES string of the molecule is C=C/C=C\c1nc(CNCCCCN)[nH]c1C. The summed E-state index contributed by atoms with van der Waals surface area (Å²) in [6, 6.07) is 0. The fourth-order valence-electron chi connectivity index (χ4n) is 1.54. The highest BCUT2D eigenvalue weighted by molar-refractivity contribution is 5.49. The van der Waals surface area contributed by atoms with Crippen LogP contribution in [0.15, 0.2) is 18.7 Å². The van der Waals surface area contributed by atoms with Gasteiger partial charge in [-0.05, 0) is 38.9 Å². The van der Waals surface area contributed by atoms with Crippen molar-refractivity contribution in [1.29, 1.82) is 0 Å². The molecular weight excluding hydrogens is 212 g/mol. The number of imidazole rings is 1. The Labute approximate surface area is 103 Å². The molecule has 0 aliphatic carbocycles. The van der Waals surface area contributed by atoms with Crippen molar-refractivity contribution in [2.24, 2.45) is 5.73 Å². The number of nitrogens with one attached hydrogen (secondary N) is 2. The fraction of sp³-hybridized carbons (Fsp3) is 0.462. The second-order valence-electron chi connectivity index (χ2n) is 3.96. The van der Waals surface area contributed by atoms with Gasteiger partial charge in [-0.1, -0.05) is 18.7 Å². The first-order valence-corrected chi connectivity index (χ1v) is 6.03. The van der Waals surface area contributed by atoms with Gasteiger partial charge in [-0.3, -0.25) is 0 Å². The smallest absolute Gasteiger partial charge is 0.120 e. The highest BCUT2D eigenvalue weighted by Gasteiger charge is 2.02. The number of rotatable bonds is 8. The number of aryl methyl sites for hydroxylation is 1. The number of allylic oxidation sites excluding steroid dienone is 2. The zero-order valence-electron chi connectivity index (χ0n) is 10.5. The molecule has 1 heterocycles. The van der Waals surface area contributed by atoms with E-state index in [4.69, 9.17) is 5.73 Å². The van der Waals surface area contributed by atoms with Gasteiger partial charge < -0.3 is 16.0 Å². The zero-order valence-corrected chi connectivity index (χ0v) is 10.5. The Morgan fingerprint density at radius 1 is 1.47 bits per heavy atom. The molecule has 1 rings (SSSR count). The van der Waals surface area contributed by atoms with Gasteiger partial charge in [-0.2, -0.15) is 0 Å². The minimum atomic E-state index is 0.762. The van der Waals surface area contributed by atoms with Gasteiger partial charge in [0.15, 0.2) is 0 Å². The van der Waals surface area contributed by atoms with Crippen LogP contribution in [0.4, 0.5) is 0 Å². The predicted octanol–water partition coefficient (Wildman–Crippen LogP) is 1.75. The Morgan fingerprint density at radius 3 is 3.00 bits per heavy atom. The van der Waals surface area contributed by atoms with Gasteiger partial charge in [0.1, 0.15) is 5.82 Å². The standard InChI is InChI=1S/C13H22N4/c1-3-4-7-12-11(2)16-13(17-12)10-15-9-6-5-8-14/h3-4,7,15H,1,5-6,8-10,14H2,2H3,(H,16,17)/b7-4-. The summed E-state index contributed by atoms with van der Waals surface area (Å²) in [4.78, 5) is 7.75. The van der Waals surface area contributed by atoms with Crippen LogP contribution in [0.2, 0.25) is 0 Å². The zero-order chi connectivity index (χ0) is 12.5. The molecule has 1 aromatic heterocycles. The van der Waals surface area contributed by atoms with Crippen LogP contribution in [-0.4, -0.2) is 23.1 Å². The van der Waals surface area contributed by atoms with Crippen LogP contribution >= 0.6 is 0 Å². The lowest BCUT2D eigenvalue weighted by atomic mass is 10.3.